The van der Waals surface area contributed by atoms with Crippen molar-refractivity contribution in [2.45, 2.75) is 40.0 Å². The van der Waals surface area contributed by atoms with Gasteiger partial charge in [0.15, 0.2) is 0 Å². The van der Waals surface area contributed by atoms with Crippen molar-refractivity contribution < 1.29 is 4.79 Å². The predicted molar refractivity (Wildman–Crippen MR) is 119 cm³/mol. The number of nitriles is 1. The van der Waals surface area contributed by atoms with Crippen molar-refractivity contribution in [2.24, 2.45) is 5.92 Å². The molecule has 0 aliphatic carbocycles. The third-order valence-electron chi connectivity index (χ3n) is 5.60. The van der Waals surface area contributed by atoms with Gasteiger partial charge in [0.25, 0.3) is 0 Å². The topological polar surface area (TPSA) is 81.9 Å². The normalized spacial score (nSPS) is 14.9. The van der Waals surface area contributed by atoms with Gasteiger partial charge in [0.2, 0.25) is 5.91 Å². The van der Waals surface area contributed by atoms with E-state index in [1.807, 2.05) is 6.07 Å². The SMILES string of the molecule is CCc1cc(C#N)c(NC(=O)C2CCN(c3ncnc4sc(C)c(C)c34)CC2)s1. The number of aromatic nitrogens is 2. The van der Waals surface area contributed by atoms with Gasteiger partial charge in [0, 0.05) is 28.8 Å². The Hall–Kier alpha value is -2.50. The van der Waals surface area contributed by atoms with E-state index >= 15 is 0 Å². The number of carbonyl (C=O) groups excluding carboxylic acids is 1. The average Bonchev–Trinajstić information content (AvgIpc) is 3.28. The molecule has 0 atom stereocenters. The Kier molecular flexibility index (Phi) is 5.52. The molecule has 1 aliphatic heterocycles. The first-order valence-electron chi connectivity index (χ1n) is 9.81. The highest BCUT2D eigenvalue weighted by Crippen LogP contribution is 2.36. The van der Waals surface area contributed by atoms with Crippen molar-refractivity contribution >= 4 is 49.6 Å². The summed E-state index contributed by atoms with van der Waals surface area (Å²) in [6.07, 6.45) is 4.04. The molecule has 6 nitrogen and oxygen atoms in total. The molecule has 3 aromatic heterocycles. The minimum absolute atomic E-state index is 0.0149. The molecule has 29 heavy (non-hydrogen) atoms. The van der Waals surface area contributed by atoms with E-state index in [9.17, 15) is 10.1 Å². The smallest absolute Gasteiger partial charge is 0.228 e. The molecule has 0 saturated carbocycles. The van der Waals surface area contributed by atoms with Crippen LogP contribution in [-0.4, -0.2) is 29.0 Å². The third-order valence-corrected chi connectivity index (χ3v) is 7.91. The van der Waals surface area contributed by atoms with Crippen LogP contribution in [0.4, 0.5) is 10.8 Å². The zero-order valence-electron chi connectivity index (χ0n) is 16.8. The Labute approximate surface area is 178 Å². The van der Waals surface area contributed by atoms with E-state index in [0.29, 0.717) is 10.6 Å². The molecular weight excluding hydrogens is 402 g/mol. The Morgan fingerprint density at radius 3 is 2.76 bits per heavy atom. The molecule has 1 fully saturated rings. The highest BCUT2D eigenvalue weighted by atomic mass is 32.1. The molecular formula is C21H23N5OS2. The van der Waals surface area contributed by atoms with E-state index < -0.39 is 0 Å². The van der Waals surface area contributed by atoms with Crippen molar-refractivity contribution in [1.29, 1.82) is 5.26 Å². The summed E-state index contributed by atoms with van der Waals surface area (Å²) in [5.74, 6) is 0.946. The third kappa shape index (κ3) is 3.72. The lowest BCUT2D eigenvalue weighted by Crippen LogP contribution is -2.38. The van der Waals surface area contributed by atoms with E-state index in [4.69, 9.17) is 0 Å². The van der Waals surface area contributed by atoms with Gasteiger partial charge in [-0.25, -0.2) is 9.97 Å². The number of anilines is 2. The number of fused-ring (bicyclic) bond motifs is 1. The molecule has 0 bridgehead atoms. The summed E-state index contributed by atoms with van der Waals surface area (Å²) >= 11 is 3.20. The van der Waals surface area contributed by atoms with Crippen LogP contribution < -0.4 is 10.2 Å². The zero-order chi connectivity index (χ0) is 20.5. The Balaban J connectivity index is 1.46. The van der Waals surface area contributed by atoms with Gasteiger partial charge >= 0.3 is 0 Å². The van der Waals surface area contributed by atoms with Crippen LogP contribution in [0.2, 0.25) is 0 Å². The van der Waals surface area contributed by atoms with Crippen LogP contribution in [0.15, 0.2) is 12.4 Å². The summed E-state index contributed by atoms with van der Waals surface area (Å²) in [5, 5.41) is 14.1. The Morgan fingerprint density at radius 2 is 2.07 bits per heavy atom. The number of piperidine rings is 1. The van der Waals surface area contributed by atoms with Crippen molar-refractivity contribution in [1.82, 2.24) is 9.97 Å². The Bertz CT molecular complexity index is 1100. The van der Waals surface area contributed by atoms with Crippen molar-refractivity contribution in [2.75, 3.05) is 23.3 Å². The highest BCUT2D eigenvalue weighted by Gasteiger charge is 2.28. The van der Waals surface area contributed by atoms with Gasteiger partial charge in [-0.15, -0.1) is 22.7 Å². The number of aryl methyl sites for hydroxylation is 3. The van der Waals surface area contributed by atoms with Crippen molar-refractivity contribution in [3.05, 3.63) is 33.3 Å². The molecule has 0 aromatic carbocycles. The van der Waals surface area contributed by atoms with Crippen LogP contribution in [0.5, 0.6) is 0 Å². The molecule has 4 rings (SSSR count). The van der Waals surface area contributed by atoms with Crippen LogP contribution >= 0.6 is 22.7 Å². The zero-order valence-corrected chi connectivity index (χ0v) is 18.4. The second kappa shape index (κ2) is 8.09. The minimum Gasteiger partial charge on any atom is -0.356 e. The van der Waals surface area contributed by atoms with Gasteiger partial charge in [-0.05, 0) is 44.7 Å². The van der Waals surface area contributed by atoms with E-state index in [1.165, 1.54) is 21.8 Å². The molecule has 150 valence electrons. The number of amides is 1. The summed E-state index contributed by atoms with van der Waals surface area (Å²) in [5.41, 5.74) is 1.80. The number of thiophene rings is 2. The monoisotopic (exact) mass is 425 g/mol. The van der Waals surface area contributed by atoms with Gasteiger partial charge in [-0.2, -0.15) is 5.26 Å². The molecule has 4 heterocycles. The van der Waals surface area contributed by atoms with Crippen LogP contribution in [0.3, 0.4) is 0 Å². The predicted octanol–water partition coefficient (Wildman–Crippen LogP) is 4.66. The summed E-state index contributed by atoms with van der Waals surface area (Å²) in [6, 6.07) is 4.06. The molecule has 1 aliphatic rings. The van der Waals surface area contributed by atoms with Gasteiger partial charge in [0.05, 0.1) is 10.9 Å². The molecule has 1 saturated heterocycles. The number of hydrogen-bond donors (Lipinski definition) is 1. The maximum atomic E-state index is 12.8. The molecule has 1 N–H and O–H groups in total. The van der Waals surface area contributed by atoms with E-state index in [0.717, 1.165) is 53.3 Å². The Morgan fingerprint density at radius 1 is 1.31 bits per heavy atom. The van der Waals surface area contributed by atoms with Gasteiger partial charge < -0.3 is 10.2 Å². The lowest BCUT2D eigenvalue weighted by Gasteiger charge is -2.32. The molecule has 1 amide bonds. The van der Waals surface area contributed by atoms with Crippen LogP contribution in [0, 0.1) is 31.1 Å². The lowest BCUT2D eigenvalue weighted by molar-refractivity contribution is -0.120. The summed E-state index contributed by atoms with van der Waals surface area (Å²) in [6.45, 7) is 7.86. The molecule has 3 aromatic rings. The maximum absolute atomic E-state index is 12.8. The van der Waals surface area contributed by atoms with E-state index in [2.05, 4.69) is 47.0 Å². The second-order valence-electron chi connectivity index (χ2n) is 7.33. The van der Waals surface area contributed by atoms with E-state index in [-0.39, 0.29) is 11.8 Å². The number of carbonyl (C=O) groups is 1. The minimum atomic E-state index is -0.0485. The van der Waals surface area contributed by atoms with Crippen LogP contribution in [-0.2, 0) is 11.2 Å². The average molecular weight is 426 g/mol. The molecule has 0 radical (unpaired) electrons. The number of nitrogens with one attached hydrogen (secondary N) is 1. The molecule has 0 unspecified atom stereocenters. The van der Waals surface area contributed by atoms with Gasteiger partial charge in [-0.3, -0.25) is 4.79 Å². The standard InChI is InChI=1S/C21H23N5OS2/c1-4-16-9-15(10-22)20(29-16)25-19(27)14-5-7-26(8-6-14)18-17-12(2)13(3)28-21(17)24-11-23-18/h9,11,14H,4-8H2,1-3H3,(H,25,27). The summed E-state index contributed by atoms with van der Waals surface area (Å²) in [4.78, 5) is 27.5. The fourth-order valence-electron chi connectivity index (χ4n) is 3.76. The highest BCUT2D eigenvalue weighted by molar-refractivity contribution is 7.18. The largest absolute Gasteiger partial charge is 0.356 e. The summed E-state index contributed by atoms with van der Waals surface area (Å²) < 4.78 is 0. The summed E-state index contributed by atoms with van der Waals surface area (Å²) in [7, 11) is 0. The number of rotatable bonds is 4. The second-order valence-corrected chi connectivity index (χ2v) is 9.67. The lowest BCUT2D eigenvalue weighted by atomic mass is 9.95. The molecule has 8 heteroatoms. The number of nitrogens with zero attached hydrogens (tertiary/aromatic N) is 4. The van der Waals surface area contributed by atoms with E-state index in [1.54, 1.807) is 17.7 Å². The fourth-order valence-corrected chi connectivity index (χ4v) is 5.70. The molecule has 0 spiro atoms. The van der Waals surface area contributed by atoms with Crippen LogP contribution in [0.25, 0.3) is 10.2 Å². The van der Waals surface area contributed by atoms with Gasteiger partial charge in [-0.1, -0.05) is 6.92 Å². The van der Waals surface area contributed by atoms with Crippen molar-refractivity contribution in [3.8, 4) is 6.07 Å². The fraction of sp³-hybridized carbons (Fsp3) is 0.429. The van der Waals surface area contributed by atoms with Crippen molar-refractivity contribution in [3.63, 3.8) is 0 Å². The quantitative estimate of drug-likeness (QED) is 0.657. The van der Waals surface area contributed by atoms with Crippen LogP contribution in [0.1, 0.15) is 40.6 Å². The first-order valence-corrected chi connectivity index (χ1v) is 11.4. The first kappa shape index (κ1) is 19.8. The van der Waals surface area contributed by atoms with Gasteiger partial charge in [0.1, 0.15) is 28.0 Å². The number of hydrogen-bond acceptors (Lipinski definition) is 7. The maximum Gasteiger partial charge on any atom is 0.228 e. The first-order chi connectivity index (χ1) is 14.0.